The highest BCUT2D eigenvalue weighted by Gasteiger charge is 2.39. The Morgan fingerprint density at radius 3 is 3.06 bits per heavy atom. The summed E-state index contributed by atoms with van der Waals surface area (Å²) in [4.78, 5) is 7.17. The number of anilines is 1. The molecule has 2 aliphatic rings. The van der Waals surface area contributed by atoms with E-state index in [4.69, 9.17) is 0 Å². The van der Waals surface area contributed by atoms with Crippen LogP contribution in [0.5, 0.6) is 0 Å². The smallest absolute Gasteiger partial charge is 0.159 e. The molecule has 0 saturated carbocycles. The summed E-state index contributed by atoms with van der Waals surface area (Å²) < 4.78 is 1.87. The van der Waals surface area contributed by atoms with Crippen LogP contribution < -0.4 is 4.90 Å². The van der Waals surface area contributed by atoms with Crippen molar-refractivity contribution in [2.45, 2.75) is 24.6 Å². The molecule has 0 radical (unpaired) electrons. The van der Waals surface area contributed by atoms with Gasteiger partial charge in [-0.2, -0.15) is 16.9 Å². The minimum absolute atomic E-state index is 0.713. The zero-order valence-electron chi connectivity index (χ0n) is 10.6. The highest BCUT2D eigenvalue weighted by molar-refractivity contribution is 8.00. The van der Waals surface area contributed by atoms with Crippen molar-refractivity contribution >= 4 is 28.5 Å². The zero-order chi connectivity index (χ0) is 12.3. The van der Waals surface area contributed by atoms with Crippen molar-refractivity contribution in [2.24, 2.45) is 7.05 Å². The lowest BCUT2D eigenvalue weighted by atomic mass is 10.2. The minimum Gasteiger partial charge on any atom is -0.366 e. The Kier molecular flexibility index (Phi) is 2.15. The second kappa shape index (κ2) is 3.63. The summed E-state index contributed by atoms with van der Waals surface area (Å²) >= 11 is 2.13. The molecule has 4 nitrogen and oxygen atoms in total. The van der Waals surface area contributed by atoms with E-state index in [1.807, 2.05) is 17.9 Å². The average molecular weight is 260 g/mol. The van der Waals surface area contributed by atoms with E-state index < -0.39 is 0 Å². The van der Waals surface area contributed by atoms with Crippen molar-refractivity contribution in [3.63, 3.8) is 0 Å². The van der Waals surface area contributed by atoms with E-state index in [1.54, 1.807) is 0 Å². The van der Waals surface area contributed by atoms with Crippen LogP contribution in [0.25, 0.3) is 11.0 Å². The normalized spacial score (nSPS) is 26.4. The molecule has 94 valence electrons. The fourth-order valence-corrected chi connectivity index (χ4v) is 4.59. The topological polar surface area (TPSA) is 34.0 Å². The minimum atomic E-state index is 0.713. The van der Waals surface area contributed by atoms with Crippen LogP contribution in [0.1, 0.15) is 12.1 Å². The third kappa shape index (κ3) is 1.40. The SMILES string of the molecule is Cc1cc(N2C[C@@H]3C[C@H]2CS3)c2cnn(C)c2n1. The second-order valence-electron chi connectivity index (χ2n) is 5.29. The molecule has 0 amide bonds. The molecular weight excluding hydrogens is 244 g/mol. The average Bonchev–Trinajstić information content (AvgIpc) is 3.04. The molecule has 2 atom stereocenters. The lowest BCUT2D eigenvalue weighted by Crippen LogP contribution is -2.34. The third-order valence-corrected chi connectivity index (χ3v) is 5.41. The highest BCUT2D eigenvalue weighted by Crippen LogP contribution is 2.41. The number of nitrogens with zero attached hydrogens (tertiary/aromatic N) is 4. The molecule has 2 aliphatic heterocycles. The van der Waals surface area contributed by atoms with Crippen molar-refractivity contribution < 1.29 is 0 Å². The van der Waals surface area contributed by atoms with E-state index in [-0.39, 0.29) is 0 Å². The predicted molar refractivity (Wildman–Crippen MR) is 75.2 cm³/mol. The molecule has 2 aromatic rings. The number of hydrogen-bond donors (Lipinski definition) is 0. The van der Waals surface area contributed by atoms with Crippen LogP contribution in [0, 0.1) is 6.92 Å². The summed E-state index contributed by atoms with van der Waals surface area (Å²) in [6, 6.07) is 2.93. The molecule has 2 fully saturated rings. The van der Waals surface area contributed by atoms with Crippen LogP contribution in [0.4, 0.5) is 5.69 Å². The van der Waals surface area contributed by atoms with Crippen molar-refractivity contribution in [1.29, 1.82) is 0 Å². The van der Waals surface area contributed by atoms with Gasteiger partial charge in [0.1, 0.15) is 0 Å². The monoisotopic (exact) mass is 260 g/mol. The van der Waals surface area contributed by atoms with E-state index in [1.165, 1.54) is 29.8 Å². The van der Waals surface area contributed by atoms with Gasteiger partial charge in [-0.05, 0) is 19.4 Å². The Bertz CT molecular complexity index is 621. The first-order valence-electron chi connectivity index (χ1n) is 6.40. The van der Waals surface area contributed by atoms with E-state index in [9.17, 15) is 0 Å². The number of fused-ring (bicyclic) bond motifs is 3. The van der Waals surface area contributed by atoms with E-state index in [0.29, 0.717) is 6.04 Å². The fourth-order valence-electron chi connectivity index (χ4n) is 3.15. The van der Waals surface area contributed by atoms with E-state index in [2.05, 4.69) is 39.7 Å². The number of hydrogen-bond acceptors (Lipinski definition) is 4. The van der Waals surface area contributed by atoms with Crippen molar-refractivity contribution in [3.8, 4) is 0 Å². The van der Waals surface area contributed by atoms with Crippen LogP contribution in [0.3, 0.4) is 0 Å². The summed E-state index contributed by atoms with van der Waals surface area (Å²) in [5.41, 5.74) is 3.41. The molecule has 0 aromatic carbocycles. The molecule has 5 heteroatoms. The molecule has 2 aromatic heterocycles. The maximum atomic E-state index is 4.60. The van der Waals surface area contributed by atoms with Gasteiger partial charge >= 0.3 is 0 Å². The Hall–Kier alpha value is -1.23. The van der Waals surface area contributed by atoms with Crippen molar-refractivity contribution in [1.82, 2.24) is 14.8 Å². The quantitative estimate of drug-likeness (QED) is 0.785. The summed E-state index contributed by atoms with van der Waals surface area (Å²) in [6.07, 6.45) is 3.30. The summed E-state index contributed by atoms with van der Waals surface area (Å²) in [7, 11) is 1.96. The van der Waals surface area contributed by atoms with Gasteiger partial charge in [0.25, 0.3) is 0 Å². The first-order chi connectivity index (χ1) is 8.72. The molecule has 4 heterocycles. The third-order valence-electron chi connectivity index (χ3n) is 4.02. The highest BCUT2D eigenvalue weighted by atomic mass is 32.2. The first kappa shape index (κ1) is 10.7. The predicted octanol–water partition coefficient (Wildman–Crippen LogP) is 1.97. The van der Waals surface area contributed by atoms with E-state index in [0.717, 1.165) is 16.6 Å². The number of thioether (sulfide) groups is 1. The Morgan fingerprint density at radius 1 is 1.44 bits per heavy atom. The van der Waals surface area contributed by atoms with Crippen LogP contribution in [0.2, 0.25) is 0 Å². The molecule has 0 aliphatic carbocycles. The number of aryl methyl sites for hydroxylation is 2. The van der Waals surface area contributed by atoms with Crippen LogP contribution >= 0.6 is 11.8 Å². The van der Waals surface area contributed by atoms with Gasteiger partial charge in [0.05, 0.1) is 17.3 Å². The van der Waals surface area contributed by atoms with Crippen molar-refractivity contribution in [2.75, 3.05) is 17.2 Å². The lowest BCUT2D eigenvalue weighted by Gasteiger charge is -2.29. The molecule has 0 unspecified atom stereocenters. The Morgan fingerprint density at radius 2 is 2.33 bits per heavy atom. The molecule has 2 saturated heterocycles. The van der Waals surface area contributed by atoms with Gasteiger partial charge < -0.3 is 4.90 Å². The summed E-state index contributed by atoms with van der Waals surface area (Å²) in [5, 5.41) is 6.38. The van der Waals surface area contributed by atoms with Gasteiger partial charge in [-0.3, -0.25) is 4.68 Å². The summed E-state index contributed by atoms with van der Waals surface area (Å²) in [5.74, 6) is 1.27. The van der Waals surface area contributed by atoms with Gasteiger partial charge in [-0.1, -0.05) is 0 Å². The maximum Gasteiger partial charge on any atom is 0.159 e. The lowest BCUT2D eigenvalue weighted by molar-refractivity contribution is 0.764. The zero-order valence-corrected chi connectivity index (χ0v) is 11.4. The molecule has 18 heavy (non-hydrogen) atoms. The van der Waals surface area contributed by atoms with Gasteiger partial charge in [0, 0.05) is 36.3 Å². The fraction of sp³-hybridized carbons (Fsp3) is 0.538. The van der Waals surface area contributed by atoms with Gasteiger partial charge in [-0.25, -0.2) is 4.98 Å². The first-order valence-corrected chi connectivity index (χ1v) is 7.45. The van der Waals surface area contributed by atoms with Gasteiger partial charge in [-0.15, -0.1) is 0 Å². The maximum absolute atomic E-state index is 4.60. The standard InChI is InChI=1S/C13H16N4S/c1-8-3-12(11-5-14-16(2)13(11)15-8)17-6-10-4-9(17)7-18-10/h3,5,9-10H,4,6-7H2,1-2H3/t9-,10-/m0/s1. The second-order valence-corrected chi connectivity index (χ2v) is 6.62. The largest absolute Gasteiger partial charge is 0.366 e. The Labute approximate surface area is 110 Å². The van der Waals surface area contributed by atoms with E-state index >= 15 is 0 Å². The molecule has 2 bridgehead atoms. The van der Waals surface area contributed by atoms with Gasteiger partial charge in [0.2, 0.25) is 0 Å². The van der Waals surface area contributed by atoms with Crippen LogP contribution in [0.15, 0.2) is 12.3 Å². The van der Waals surface area contributed by atoms with Crippen LogP contribution in [-0.4, -0.2) is 38.4 Å². The number of aromatic nitrogens is 3. The number of rotatable bonds is 1. The van der Waals surface area contributed by atoms with Crippen molar-refractivity contribution in [3.05, 3.63) is 18.0 Å². The summed E-state index contributed by atoms with van der Waals surface area (Å²) in [6.45, 7) is 3.25. The van der Waals surface area contributed by atoms with Crippen LogP contribution in [-0.2, 0) is 7.05 Å². The number of pyridine rings is 1. The Balaban J connectivity index is 1.89. The molecule has 0 spiro atoms. The molecular formula is C13H16N4S. The molecule has 0 N–H and O–H groups in total. The molecule has 4 rings (SSSR count). The van der Waals surface area contributed by atoms with Gasteiger partial charge in [0.15, 0.2) is 5.65 Å².